The van der Waals surface area contributed by atoms with Crippen LogP contribution in [0.15, 0.2) is 24.5 Å². The normalized spacial score (nSPS) is 18.7. The predicted molar refractivity (Wildman–Crippen MR) is 123 cm³/mol. The first-order valence-electron chi connectivity index (χ1n) is 11.6. The van der Waals surface area contributed by atoms with Crippen molar-refractivity contribution in [1.82, 2.24) is 15.2 Å². The van der Waals surface area contributed by atoms with E-state index in [9.17, 15) is 14.4 Å². The molecule has 2 aliphatic carbocycles. The largest absolute Gasteiger partial charge is 0.349 e. The number of carbonyl (C=O) groups is 3. The first kappa shape index (κ1) is 21.1. The van der Waals surface area contributed by atoms with E-state index in [1.165, 1.54) is 22.4 Å². The molecule has 3 aliphatic rings. The lowest BCUT2D eigenvalue weighted by Crippen LogP contribution is -2.47. The molecule has 0 bridgehead atoms. The van der Waals surface area contributed by atoms with E-state index in [0.717, 1.165) is 56.9 Å². The van der Waals surface area contributed by atoms with E-state index in [-0.39, 0.29) is 29.7 Å². The Bertz CT molecular complexity index is 1020. The minimum atomic E-state index is -0.252. The molecular formula is C24H28N4O3S. The van der Waals surface area contributed by atoms with Crippen molar-refractivity contribution in [2.24, 2.45) is 5.92 Å². The van der Waals surface area contributed by atoms with Gasteiger partial charge in [0, 0.05) is 42.3 Å². The van der Waals surface area contributed by atoms with Crippen LogP contribution in [0.1, 0.15) is 69.7 Å². The number of pyridine rings is 1. The Hall–Kier alpha value is -2.74. The van der Waals surface area contributed by atoms with Crippen molar-refractivity contribution in [2.75, 3.05) is 18.4 Å². The molecule has 0 spiro atoms. The minimum absolute atomic E-state index is 0.0479. The van der Waals surface area contributed by atoms with Gasteiger partial charge in [0.15, 0.2) is 0 Å². The van der Waals surface area contributed by atoms with E-state index >= 15 is 0 Å². The van der Waals surface area contributed by atoms with Crippen molar-refractivity contribution in [1.29, 1.82) is 0 Å². The smallest absolute Gasteiger partial charge is 0.257 e. The SMILES string of the molecule is O=C(Nc1sc2c(c1C(=O)NC1CCN(C(=O)C3CC3)CC1)CCCC2)c1cccnc1. The maximum atomic E-state index is 13.4. The van der Waals surface area contributed by atoms with E-state index in [0.29, 0.717) is 29.2 Å². The van der Waals surface area contributed by atoms with E-state index < -0.39 is 0 Å². The van der Waals surface area contributed by atoms with Gasteiger partial charge in [-0.25, -0.2) is 0 Å². The number of thiophene rings is 1. The molecule has 2 aromatic heterocycles. The van der Waals surface area contributed by atoms with Crippen molar-refractivity contribution >= 4 is 34.1 Å². The van der Waals surface area contributed by atoms with Gasteiger partial charge in [0.2, 0.25) is 5.91 Å². The summed E-state index contributed by atoms with van der Waals surface area (Å²) in [6.45, 7) is 1.40. The highest BCUT2D eigenvalue weighted by Crippen LogP contribution is 2.38. The van der Waals surface area contributed by atoms with Crippen LogP contribution in [-0.4, -0.2) is 46.7 Å². The third-order valence-corrected chi connectivity index (χ3v) is 7.82. The van der Waals surface area contributed by atoms with Gasteiger partial charge in [-0.15, -0.1) is 11.3 Å². The Morgan fingerprint density at radius 2 is 1.81 bits per heavy atom. The molecular weight excluding hydrogens is 424 g/mol. The molecule has 7 nitrogen and oxygen atoms in total. The van der Waals surface area contributed by atoms with Crippen molar-refractivity contribution in [2.45, 2.75) is 57.4 Å². The highest BCUT2D eigenvalue weighted by atomic mass is 32.1. The van der Waals surface area contributed by atoms with Crippen molar-refractivity contribution in [3.63, 3.8) is 0 Å². The molecule has 1 saturated heterocycles. The summed E-state index contributed by atoms with van der Waals surface area (Å²) in [5, 5.41) is 6.79. The van der Waals surface area contributed by atoms with Crippen LogP contribution in [0.2, 0.25) is 0 Å². The van der Waals surface area contributed by atoms with Crippen molar-refractivity contribution in [3.05, 3.63) is 46.1 Å². The number of hydrogen-bond acceptors (Lipinski definition) is 5. The summed E-state index contributed by atoms with van der Waals surface area (Å²) < 4.78 is 0. The summed E-state index contributed by atoms with van der Waals surface area (Å²) in [4.78, 5) is 45.6. The number of amides is 3. The number of piperidine rings is 1. The number of aryl methyl sites for hydroxylation is 1. The standard InChI is InChI=1S/C24H28N4O3S/c29-21(16-4-3-11-25-14-16)27-23-20(18-5-1-2-6-19(18)32-23)22(30)26-17-9-12-28(13-10-17)24(31)15-7-8-15/h3-4,11,14-15,17H,1-2,5-10,12-13H2,(H,26,30)(H,27,29). The number of anilines is 1. The lowest BCUT2D eigenvalue weighted by Gasteiger charge is -2.32. The molecule has 0 radical (unpaired) electrons. The monoisotopic (exact) mass is 452 g/mol. The summed E-state index contributed by atoms with van der Waals surface area (Å²) in [6, 6.07) is 3.49. The number of likely N-dealkylation sites (tertiary alicyclic amines) is 1. The first-order chi connectivity index (χ1) is 15.6. The van der Waals surface area contributed by atoms with Crippen LogP contribution in [0, 0.1) is 5.92 Å². The number of fused-ring (bicyclic) bond motifs is 1. The third-order valence-electron chi connectivity index (χ3n) is 6.62. The molecule has 1 aliphatic heterocycles. The molecule has 2 fully saturated rings. The summed E-state index contributed by atoms with van der Waals surface area (Å²) in [5.41, 5.74) is 2.18. The van der Waals surface area contributed by atoms with Gasteiger partial charge in [0.05, 0.1) is 11.1 Å². The molecule has 0 atom stereocenters. The highest BCUT2D eigenvalue weighted by molar-refractivity contribution is 7.17. The Morgan fingerprint density at radius 3 is 2.53 bits per heavy atom. The molecule has 0 aromatic carbocycles. The van der Waals surface area contributed by atoms with Crippen LogP contribution in [0.3, 0.4) is 0 Å². The molecule has 8 heteroatoms. The van der Waals surface area contributed by atoms with Gasteiger partial charge in [0.1, 0.15) is 5.00 Å². The number of rotatable bonds is 5. The molecule has 168 valence electrons. The van der Waals surface area contributed by atoms with Gasteiger partial charge in [0.25, 0.3) is 11.8 Å². The highest BCUT2D eigenvalue weighted by Gasteiger charge is 2.35. The fourth-order valence-electron chi connectivity index (χ4n) is 4.66. The minimum Gasteiger partial charge on any atom is -0.349 e. The van der Waals surface area contributed by atoms with Crippen LogP contribution in [0.25, 0.3) is 0 Å². The van der Waals surface area contributed by atoms with Crippen LogP contribution in [0.4, 0.5) is 5.00 Å². The predicted octanol–water partition coefficient (Wildman–Crippen LogP) is 3.41. The number of aromatic nitrogens is 1. The third kappa shape index (κ3) is 4.41. The molecule has 0 unspecified atom stereocenters. The number of nitrogens with zero attached hydrogens (tertiary/aromatic N) is 2. The maximum absolute atomic E-state index is 13.4. The van der Waals surface area contributed by atoms with Gasteiger partial charge < -0.3 is 15.5 Å². The van der Waals surface area contributed by atoms with Crippen LogP contribution >= 0.6 is 11.3 Å². The average molecular weight is 453 g/mol. The van der Waals surface area contributed by atoms with Gasteiger partial charge in [-0.05, 0) is 69.1 Å². The second-order valence-electron chi connectivity index (χ2n) is 8.96. The van der Waals surface area contributed by atoms with Gasteiger partial charge in [-0.2, -0.15) is 0 Å². The van der Waals surface area contributed by atoms with Gasteiger partial charge in [-0.3, -0.25) is 19.4 Å². The topological polar surface area (TPSA) is 91.4 Å². The quantitative estimate of drug-likeness (QED) is 0.727. The Morgan fingerprint density at radius 1 is 1.03 bits per heavy atom. The summed E-state index contributed by atoms with van der Waals surface area (Å²) in [6.07, 6.45) is 10.7. The number of nitrogens with one attached hydrogen (secondary N) is 2. The van der Waals surface area contributed by atoms with E-state index in [4.69, 9.17) is 0 Å². The second-order valence-corrected chi connectivity index (χ2v) is 10.1. The number of carbonyl (C=O) groups excluding carboxylic acids is 3. The second kappa shape index (κ2) is 9.02. The molecule has 1 saturated carbocycles. The first-order valence-corrected chi connectivity index (χ1v) is 12.4. The summed E-state index contributed by atoms with van der Waals surface area (Å²) >= 11 is 1.52. The fourth-order valence-corrected chi connectivity index (χ4v) is 5.94. The Labute approximate surface area is 191 Å². The maximum Gasteiger partial charge on any atom is 0.257 e. The molecule has 3 heterocycles. The molecule has 2 N–H and O–H groups in total. The van der Waals surface area contributed by atoms with Crippen molar-refractivity contribution in [3.8, 4) is 0 Å². The molecule has 32 heavy (non-hydrogen) atoms. The fraction of sp³-hybridized carbons (Fsp3) is 0.500. The van der Waals surface area contributed by atoms with Crippen LogP contribution < -0.4 is 10.6 Å². The zero-order valence-electron chi connectivity index (χ0n) is 18.1. The number of hydrogen-bond donors (Lipinski definition) is 2. The van der Waals surface area contributed by atoms with E-state index in [1.54, 1.807) is 18.3 Å². The van der Waals surface area contributed by atoms with Crippen LogP contribution in [-0.2, 0) is 17.6 Å². The Balaban J connectivity index is 1.29. The zero-order chi connectivity index (χ0) is 22.1. The van der Waals surface area contributed by atoms with E-state index in [2.05, 4.69) is 15.6 Å². The molecule has 3 amide bonds. The van der Waals surface area contributed by atoms with Gasteiger partial charge >= 0.3 is 0 Å². The average Bonchev–Trinajstić information content (AvgIpc) is 3.60. The van der Waals surface area contributed by atoms with Crippen LogP contribution in [0.5, 0.6) is 0 Å². The lowest BCUT2D eigenvalue weighted by atomic mass is 9.94. The molecule has 2 aromatic rings. The summed E-state index contributed by atoms with van der Waals surface area (Å²) in [5.74, 6) is 0.155. The van der Waals surface area contributed by atoms with E-state index in [1.807, 2.05) is 4.90 Å². The van der Waals surface area contributed by atoms with Gasteiger partial charge in [-0.1, -0.05) is 0 Å². The Kier molecular flexibility index (Phi) is 5.95. The summed E-state index contributed by atoms with van der Waals surface area (Å²) in [7, 11) is 0. The van der Waals surface area contributed by atoms with Crippen molar-refractivity contribution < 1.29 is 14.4 Å². The molecule has 5 rings (SSSR count). The zero-order valence-corrected chi connectivity index (χ0v) is 18.9. The lowest BCUT2D eigenvalue weighted by molar-refractivity contribution is -0.133.